The zero-order valence-electron chi connectivity index (χ0n) is 14.5. The monoisotopic (exact) mass is 353 g/mol. The number of nitrogens with zero attached hydrogens (tertiary/aromatic N) is 1. The number of hydrogen-bond acceptors (Lipinski definition) is 5. The molecule has 132 valence electrons. The number of hydrogen-bond donors (Lipinski definition) is 1. The van der Waals surface area contributed by atoms with Gasteiger partial charge in [0.05, 0.1) is 19.6 Å². The van der Waals surface area contributed by atoms with Crippen LogP contribution in [0.15, 0.2) is 18.2 Å². The van der Waals surface area contributed by atoms with Crippen molar-refractivity contribution in [1.82, 2.24) is 4.90 Å². The number of carboxylic acids is 1. The van der Waals surface area contributed by atoms with Crippen LogP contribution in [0.1, 0.15) is 31.1 Å². The number of rotatable bonds is 4. The van der Waals surface area contributed by atoms with Crippen molar-refractivity contribution in [2.75, 3.05) is 20.0 Å². The first-order valence-electron chi connectivity index (χ1n) is 7.59. The average molecular weight is 353 g/mol. The zero-order valence-corrected chi connectivity index (χ0v) is 15.3. The third-order valence-electron chi connectivity index (χ3n) is 3.86. The van der Waals surface area contributed by atoms with E-state index in [4.69, 9.17) is 9.47 Å². The highest BCUT2D eigenvalue weighted by atomic mass is 32.2. The first-order chi connectivity index (χ1) is 11.2. The SMILES string of the molecule is COc1cc(OC)cc(C(=O)N2C(C(=O)O)CSC2C(C)(C)C)c1. The maximum atomic E-state index is 13.1. The van der Waals surface area contributed by atoms with E-state index in [-0.39, 0.29) is 16.7 Å². The molecule has 0 aromatic heterocycles. The molecule has 1 fully saturated rings. The molecule has 1 aliphatic heterocycles. The van der Waals surface area contributed by atoms with Crippen molar-refractivity contribution in [3.8, 4) is 11.5 Å². The Hall–Kier alpha value is -1.89. The van der Waals surface area contributed by atoms with E-state index in [0.29, 0.717) is 22.8 Å². The molecule has 24 heavy (non-hydrogen) atoms. The van der Waals surface area contributed by atoms with Crippen LogP contribution in [-0.2, 0) is 4.79 Å². The fraction of sp³-hybridized carbons (Fsp3) is 0.529. The summed E-state index contributed by atoms with van der Waals surface area (Å²) < 4.78 is 10.4. The second-order valence-corrected chi connectivity index (χ2v) is 7.83. The van der Waals surface area contributed by atoms with Gasteiger partial charge in [-0.25, -0.2) is 4.79 Å². The number of carbonyl (C=O) groups is 2. The van der Waals surface area contributed by atoms with E-state index in [1.165, 1.54) is 30.9 Å². The lowest BCUT2D eigenvalue weighted by molar-refractivity contribution is -0.141. The summed E-state index contributed by atoms with van der Waals surface area (Å²) in [4.78, 5) is 26.2. The van der Waals surface area contributed by atoms with E-state index in [1.54, 1.807) is 18.2 Å². The van der Waals surface area contributed by atoms with E-state index < -0.39 is 12.0 Å². The van der Waals surface area contributed by atoms with Gasteiger partial charge in [0, 0.05) is 17.4 Å². The summed E-state index contributed by atoms with van der Waals surface area (Å²) in [5.74, 6) is 0.0406. The van der Waals surface area contributed by atoms with Gasteiger partial charge in [0.1, 0.15) is 17.5 Å². The van der Waals surface area contributed by atoms with Crippen LogP contribution in [0.2, 0.25) is 0 Å². The number of benzene rings is 1. The van der Waals surface area contributed by atoms with Crippen molar-refractivity contribution < 1.29 is 24.2 Å². The predicted octanol–water partition coefficient (Wildman–Crippen LogP) is 2.72. The second kappa shape index (κ2) is 6.93. The lowest BCUT2D eigenvalue weighted by Crippen LogP contribution is -2.49. The number of aliphatic carboxylic acids is 1. The summed E-state index contributed by atoms with van der Waals surface area (Å²) in [6, 6.07) is 4.04. The van der Waals surface area contributed by atoms with E-state index in [2.05, 4.69) is 0 Å². The molecular formula is C17H23NO5S. The quantitative estimate of drug-likeness (QED) is 0.897. The largest absolute Gasteiger partial charge is 0.497 e. The van der Waals surface area contributed by atoms with Gasteiger partial charge >= 0.3 is 5.97 Å². The molecule has 2 unspecified atom stereocenters. The van der Waals surface area contributed by atoms with Crippen LogP contribution >= 0.6 is 11.8 Å². The van der Waals surface area contributed by atoms with Gasteiger partial charge in [0.2, 0.25) is 0 Å². The Bertz CT molecular complexity index is 618. The zero-order chi connectivity index (χ0) is 18.1. The van der Waals surface area contributed by atoms with Crippen LogP contribution in [-0.4, -0.2) is 53.3 Å². The van der Waals surface area contributed by atoms with E-state index >= 15 is 0 Å². The topological polar surface area (TPSA) is 76.1 Å². The van der Waals surface area contributed by atoms with E-state index in [1.807, 2.05) is 20.8 Å². The van der Waals surface area contributed by atoms with Crippen molar-refractivity contribution in [2.24, 2.45) is 5.41 Å². The Morgan fingerprint density at radius 1 is 1.17 bits per heavy atom. The molecule has 6 nitrogen and oxygen atoms in total. The van der Waals surface area contributed by atoms with Crippen molar-refractivity contribution in [2.45, 2.75) is 32.2 Å². The average Bonchev–Trinajstić information content (AvgIpc) is 2.98. The van der Waals surface area contributed by atoms with Crippen LogP contribution < -0.4 is 9.47 Å². The van der Waals surface area contributed by atoms with Gasteiger partial charge in [-0.1, -0.05) is 20.8 Å². The molecule has 0 bridgehead atoms. The number of carbonyl (C=O) groups excluding carboxylic acids is 1. The van der Waals surface area contributed by atoms with Crippen LogP contribution in [0.25, 0.3) is 0 Å². The van der Waals surface area contributed by atoms with E-state index in [0.717, 1.165) is 0 Å². The van der Waals surface area contributed by atoms with Crippen molar-refractivity contribution in [1.29, 1.82) is 0 Å². The fourth-order valence-electron chi connectivity index (χ4n) is 2.69. The molecule has 1 aromatic rings. The Morgan fingerprint density at radius 3 is 2.12 bits per heavy atom. The van der Waals surface area contributed by atoms with Crippen LogP contribution in [0.5, 0.6) is 11.5 Å². The minimum atomic E-state index is -0.988. The first kappa shape index (κ1) is 18.4. The predicted molar refractivity (Wildman–Crippen MR) is 92.8 cm³/mol. The summed E-state index contributed by atoms with van der Waals surface area (Å²) in [5.41, 5.74) is 0.113. The smallest absolute Gasteiger partial charge is 0.327 e. The molecule has 1 amide bonds. The van der Waals surface area contributed by atoms with Gasteiger partial charge in [-0.3, -0.25) is 4.79 Å². The molecule has 1 aliphatic rings. The molecule has 1 aromatic carbocycles. The molecule has 1 N–H and O–H groups in total. The summed E-state index contributed by atoms with van der Waals surface area (Å²) in [7, 11) is 3.01. The molecule has 7 heteroatoms. The number of ether oxygens (including phenoxy) is 2. The van der Waals surface area contributed by atoms with Gasteiger partial charge in [-0.05, 0) is 17.5 Å². The minimum Gasteiger partial charge on any atom is -0.497 e. The first-order valence-corrected chi connectivity index (χ1v) is 8.64. The Balaban J connectivity index is 2.45. The highest BCUT2D eigenvalue weighted by Gasteiger charge is 2.46. The summed E-state index contributed by atoms with van der Waals surface area (Å²) in [6.07, 6.45) is 0. The number of amides is 1. The lowest BCUT2D eigenvalue weighted by Gasteiger charge is -2.35. The highest BCUT2D eigenvalue weighted by molar-refractivity contribution is 8.00. The van der Waals surface area contributed by atoms with Gasteiger partial charge < -0.3 is 19.5 Å². The Labute approximate surface area is 146 Å². The maximum Gasteiger partial charge on any atom is 0.327 e. The highest BCUT2D eigenvalue weighted by Crippen LogP contribution is 2.41. The lowest BCUT2D eigenvalue weighted by atomic mass is 9.94. The maximum absolute atomic E-state index is 13.1. The molecule has 0 saturated carbocycles. The van der Waals surface area contributed by atoms with Crippen LogP contribution in [0.3, 0.4) is 0 Å². The Morgan fingerprint density at radius 2 is 1.71 bits per heavy atom. The molecule has 1 heterocycles. The molecule has 2 rings (SSSR count). The molecule has 0 radical (unpaired) electrons. The third-order valence-corrected chi connectivity index (χ3v) is 5.62. The summed E-state index contributed by atoms with van der Waals surface area (Å²) in [6.45, 7) is 6.00. The van der Waals surface area contributed by atoms with Crippen LogP contribution in [0.4, 0.5) is 0 Å². The van der Waals surface area contributed by atoms with Crippen molar-refractivity contribution in [3.05, 3.63) is 23.8 Å². The van der Waals surface area contributed by atoms with Gasteiger partial charge in [0.15, 0.2) is 0 Å². The number of methoxy groups -OCH3 is 2. The van der Waals surface area contributed by atoms with Crippen molar-refractivity contribution in [3.63, 3.8) is 0 Å². The Kier molecular flexibility index (Phi) is 5.32. The molecular weight excluding hydrogens is 330 g/mol. The molecule has 2 atom stereocenters. The van der Waals surface area contributed by atoms with Gasteiger partial charge in [0.25, 0.3) is 5.91 Å². The number of carboxylic acid groups (broad SMARTS) is 1. The fourth-order valence-corrected chi connectivity index (χ4v) is 4.26. The van der Waals surface area contributed by atoms with Crippen molar-refractivity contribution >= 4 is 23.6 Å². The minimum absolute atomic E-state index is 0.219. The summed E-state index contributed by atoms with van der Waals surface area (Å²) in [5, 5.41) is 9.29. The normalized spacial score (nSPS) is 20.8. The third kappa shape index (κ3) is 3.61. The standard InChI is InChI=1S/C17H23NO5S/c1-17(2,3)16-18(13(9-24-16)15(20)21)14(19)10-6-11(22-4)8-12(7-10)23-5/h6-8,13,16H,9H2,1-5H3,(H,20,21). The second-order valence-electron chi connectivity index (χ2n) is 6.72. The van der Waals surface area contributed by atoms with E-state index in [9.17, 15) is 14.7 Å². The molecule has 1 saturated heterocycles. The summed E-state index contributed by atoms with van der Waals surface area (Å²) >= 11 is 1.50. The molecule has 0 spiro atoms. The molecule has 0 aliphatic carbocycles. The van der Waals surface area contributed by atoms with Crippen LogP contribution in [0, 0.1) is 5.41 Å². The van der Waals surface area contributed by atoms with Gasteiger partial charge in [-0.15, -0.1) is 11.8 Å². The van der Waals surface area contributed by atoms with Gasteiger partial charge in [-0.2, -0.15) is 0 Å². The number of thioether (sulfide) groups is 1.